The lowest BCUT2D eigenvalue weighted by Gasteiger charge is -2.06. The van der Waals surface area contributed by atoms with Gasteiger partial charge in [0.25, 0.3) is 47.3 Å². The molecule has 0 saturated carbocycles. The van der Waals surface area contributed by atoms with Gasteiger partial charge in [-0.05, 0) is 225 Å². The fraction of sp³-hybridized carbons (Fsp3) is 0.347. The molecule has 0 radical (unpaired) electrons. The van der Waals surface area contributed by atoms with E-state index in [-0.39, 0.29) is 71.4 Å². The van der Waals surface area contributed by atoms with Crippen molar-refractivity contribution in [1.29, 1.82) is 0 Å². The summed E-state index contributed by atoms with van der Waals surface area (Å²) in [7, 11) is 3.14. The molecule has 0 aliphatic rings. The zero-order chi connectivity index (χ0) is 110. The number of halogens is 16. The quantitative estimate of drug-likeness (QED) is 0.0501. The van der Waals surface area contributed by atoms with E-state index in [1.54, 1.807) is 14.1 Å². The minimum atomic E-state index is -0.203. The molecule has 48 heteroatoms. The van der Waals surface area contributed by atoms with Crippen molar-refractivity contribution in [2.24, 2.45) is 0 Å². The van der Waals surface area contributed by atoms with Crippen LogP contribution in [0, 0.1) is 111 Å². The molecule has 8 N–H and O–H groups in total. The summed E-state index contributed by atoms with van der Waals surface area (Å²) >= 11 is 110. The molecule has 0 aliphatic carbocycles. The van der Waals surface area contributed by atoms with Crippen molar-refractivity contribution in [2.45, 2.75) is 204 Å². The van der Waals surface area contributed by atoms with Gasteiger partial charge in [-0.1, -0.05) is 186 Å². The van der Waals surface area contributed by atoms with Crippen LogP contribution in [0.3, 0.4) is 0 Å². The molecule has 0 fully saturated rings. The van der Waals surface area contributed by atoms with Gasteiger partial charge in [-0.15, -0.1) is 90.7 Å². The first kappa shape index (κ1) is 123. The number of nitrogens with zero attached hydrogens (tertiary/aromatic N) is 8. The highest BCUT2D eigenvalue weighted by Gasteiger charge is 2.31. The summed E-state index contributed by atoms with van der Waals surface area (Å²) in [4.78, 5) is 140. The molecule has 0 bridgehead atoms. The average Bonchev–Trinajstić information content (AvgIpc) is 1.67. The number of hydrogen-bond donors (Lipinski definition) is 8. The maximum Gasteiger partial charge on any atom is 0.263 e. The van der Waals surface area contributed by atoms with Crippen LogP contribution in [0.15, 0.2) is 0 Å². The molecule has 780 valence electrons. The van der Waals surface area contributed by atoms with E-state index in [9.17, 15) is 38.4 Å². The standard InChI is InChI=1S/4C13H14Cl2N2OS.2C12H12Cl2N2OS.2C11H10Cl2N2OS/c4*1-5(2)16-12(18)11-10(15)8-6(3)9(14)7(4)17-13(8)19-11;2*1-4-15-11(17)10-9(14)7-5(2)8(13)6(3)16-12(7)18-10;2*1-4-6-8(13)9(10(16)14-3)17-11(6)15-5(2)7(4)12/h4*5H,1-4H3,(H,16,18);2*4H2,1-3H3,(H,15,17);2*1-3H3,(H,14,16). The number of nitrogens with one attached hydrogen (secondary N) is 8. The Bertz CT molecular complexity index is 7210. The molecule has 146 heavy (non-hydrogen) atoms. The van der Waals surface area contributed by atoms with Gasteiger partial charge in [-0.2, -0.15) is 0 Å². The zero-order valence-electron chi connectivity index (χ0n) is 83.9. The molecular weight excluding hydrogens is 2350 g/mol. The first-order valence-electron chi connectivity index (χ1n) is 44.4. The summed E-state index contributed by atoms with van der Waals surface area (Å²) in [5, 5.41) is 36.4. The Kier molecular flexibility index (Phi) is 44.0. The molecule has 0 spiro atoms. The molecule has 0 saturated heterocycles. The predicted molar refractivity (Wildman–Crippen MR) is 626 cm³/mol. The maximum absolute atomic E-state index is 12.1. The van der Waals surface area contributed by atoms with Crippen LogP contribution in [-0.2, 0) is 0 Å². The molecule has 0 aromatic carbocycles. The van der Waals surface area contributed by atoms with Crippen molar-refractivity contribution >= 4 is 405 Å². The number of thiophene rings is 8. The predicted octanol–water partition coefficient (Wildman–Crippen LogP) is 32.5. The highest BCUT2D eigenvalue weighted by molar-refractivity contribution is 7.24. The molecule has 8 amide bonds. The van der Waals surface area contributed by atoms with E-state index in [0.29, 0.717) is 132 Å². The molecule has 0 unspecified atom stereocenters. The number of rotatable bonds is 14. The van der Waals surface area contributed by atoms with Crippen LogP contribution in [0.2, 0.25) is 80.4 Å². The molecule has 16 heterocycles. The number of fused-ring (bicyclic) bond motifs is 8. The lowest BCUT2D eigenvalue weighted by molar-refractivity contribution is 0.0938. The Balaban J connectivity index is 0.000000186. The van der Waals surface area contributed by atoms with Crippen LogP contribution in [0.5, 0.6) is 0 Å². The minimum absolute atomic E-state index is 0.0631. The summed E-state index contributed by atoms with van der Waals surface area (Å²) < 4.78 is 0. The van der Waals surface area contributed by atoms with E-state index in [1.807, 2.05) is 180 Å². The number of aryl methyl sites for hydroxylation is 16. The Morgan fingerprint density at radius 2 is 0.322 bits per heavy atom. The molecule has 16 aromatic heterocycles. The first-order valence-corrected chi connectivity index (χ1v) is 57.0. The largest absolute Gasteiger partial charge is 0.354 e. The molecule has 24 nitrogen and oxygen atoms in total. The van der Waals surface area contributed by atoms with Gasteiger partial charge in [0.05, 0.1) is 126 Å². The fourth-order valence-electron chi connectivity index (χ4n) is 14.3. The second-order valence-corrected chi connectivity index (χ2v) is 47.9. The van der Waals surface area contributed by atoms with Gasteiger partial charge in [0.1, 0.15) is 77.7 Å². The summed E-state index contributed by atoms with van der Waals surface area (Å²) in [6.45, 7) is 49.9. The Morgan fingerprint density at radius 3 is 0.432 bits per heavy atom. The Labute approximate surface area is 956 Å². The first-order chi connectivity index (χ1) is 68.2. The summed E-state index contributed by atoms with van der Waals surface area (Å²) in [6, 6.07) is 0.252. The van der Waals surface area contributed by atoms with Crippen molar-refractivity contribution in [3.05, 3.63) is 209 Å². The van der Waals surface area contributed by atoms with Gasteiger partial charge < -0.3 is 42.5 Å². The van der Waals surface area contributed by atoms with Crippen LogP contribution in [0.4, 0.5) is 0 Å². The molecule has 0 aliphatic heterocycles. The Hall–Kier alpha value is -6.72. The number of amides is 8. The van der Waals surface area contributed by atoms with Crippen molar-refractivity contribution in [3.8, 4) is 0 Å². The van der Waals surface area contributed by atoms with Crippen LogP contribution in [-0.4, -0.2) is 138 Å². The van der Waals surface area contributed by atoms with Crippen LogP contribution in [0.1, 0.15) is 237 Å². The van der Waals surface area contributed by atoms with Crippen molar-refractivity contribution in [1.82, 2.24) is 82.4 Å². The monoisotopic (exact) mass is 2440 g/mol. The number of carbonyl (C=O) groups excluding carboxylic acids is 8. The fourth-order valence-corrected chi connectivity index (χ4v) is 28.0. The summed E-state index contributed by atoms with van der Waals surface area (Å²) in [5.41, 5.74) is 13.0. The second kappa shape index (κ2) is 52.3. The van der Waals surface area contributed by atoms with Gasteiger partial charge in [0, 0.05) is 94.4 Å². The number of aromatic nitrogens is 8. The van der Waals surface area contributed by atoms with Gasteiger partial charge >= 0.3 is 0 Å². The van der Waals surface area contributed by atoms with E-state index >= 15 is 0 Å². The van der Waals surface area contributed by atoms with E-state index in [0.717, 1.165) is 172 Å². The van der Waals surface area contributed by atoms with Gasteiger partial charge in [0.15, 0.2) is 0 Å². The Morgan fingerprint density at radius 1 is 0.205 bits per heavy atom. The van der Waals surface area contributed by atoms with Gasteiger partial charge in [-0.25, -0.2) is 39.9 Å². The van der Waals surface area contributed by atoms with Crippen molar-refractivity contribution < 1.29 is 38.4 Å². The van der Waals surface area contributed by atoms with E-state index in [4.69, 9.17) is 186 Å². The lowest BCUT2D eigenvalue weighted by Crippen LogP contribution is -2.29. The van der Waals surface area contributed by atoms with E-state index < -0.39 is 0 Å². The minimum Gasteiger partial charge on any atom is -0.354 e. The van der Waals surface area contributed by atoms with Crippen LogP contribution < -0.4 is 42.5 Å². The lowest BCUT2D eigenvalue weighted by atomic mass is 10.1. The normalized spacial score (nSPS) is 11.1. The SMILES string of the molecule is CCNC(=O)c1sc2nc(C)c(Cl)c(C)c2c1Cl.CCNC(=O)c1sc2nc(C)c(Cl)c(C)c2c1Cl.CNC(=O)c1sc2nc(C)c(Cl)c(C)c2c1Cl.CNC(=O)c1sc2nc(C)c(Cl)c(C)c2c1Cl.Cc1nc2sc(C(=O)NC(C)C)c(Cl)c2c(C)c1Cl.Cc1nc2sc(C(=O)NC(C)C)c(Cl)c2c(C)c1Cl.Cc1nc2sc(C(=O)NC(C)C)c(Cl)c2c(C)c1Cl.Cc1nc2sc(C(=O)NC(C)C)c(Cl)c2c(C)c1Cl. The van der Waals surface area contributed by atoms with Crippen molar-refractivity contribution in [3.63, 3.8) is 0 Å². The maximum atomic E-state index is 12.1. The molecular formula is C98H100Cl16N16O8S8. The third-order valence-electron chi connectivity index (χ3n) is 21.4. The smallest absolute Gasteiger partial charge is 0.263 e. The molecule has 0 atom stereocenters. The second-order valence-electron chi connectivity index (χ2n) is 33.9. The van der Waals surface area contributed by atoms with Gasteiger partial charge in [-0.3, -0.25) is 38.4 Å². The number of carbonyl (C=O) groups is 8. The number of hydrogen-bond acceptors (Lipinski definition) is 24. The van der Waals surface area contributed by atoms with Crippen LogP contribution in [0.25, 0.3) is 81.7 Å². The number of pyridine rings is 8. The molecule has 16 aromatic rings. The van der Waals surface area contributed by atoms with Gasteiger partial charge in [0.2, 0.25) is 0 Å². The van der Waals surface area contributed by atoms with E-state index in [1.165, 1.54) is 90.7 Å². The molecule has 16 rings (SSSR count). The average molecular weight is 2450 g/mol. The summed E-state index contributed by atoms with van der Waals surface area (Å²) in [5.74, 6) is -1.42. The summed E-state index contributed by atoms with van der Waals surface area (Å²) in [6.07, 6.45) is 0. The third kappa shape index (κ3) is 27.0. The highest BCUT2D eigenvalue weighted by Crippen LogP contribution is 2.48. The topological polar surface area (TPSA) is 336 Å². The zero-order valence-corrected chi connectivity index (χ0v) is 103. The van der Waals surface area contributed by atoms with Crippen LogP contribution >= 0.6 is 276 Å². The highest BCUT2D eigenvalue weighted by atomic mass is 35.5. The van der Waals surface area contributed by atoms with E-state index in [2.05, 4.69) is 82.4 Å². The van der Waals surface area contributed by atoms with Crippen molar-refractivity contribution in [2.75, 3.05) is 27.2 Å². The third-order valence-corrected chi connectivity index (χ3v) is 38.5.